The van der Waals surface area contributed by atoms with Crippen molar-refractivity contribution in [2.24, 2.45) is 0 Å². The van der Waals surface area contributed by atoms with Gasteiger partial charge in [0.05, 0.1) is 19.8 Å². The third kappa shape index (κ3) is 3.49. The number of nitrogens with zero attached hydrogens (tertiary/aromatic N) is 1. The molecule has 5 nitrogen and oxygen atoms in total. The van der Waals surface area contributed by atoms with Crippen molar-refractivity contribution in [3.05, 3.63) is 52.3 Å². The Bertz CT molecular complexity index is 688. The molecule has 0 saturated carbocycles. The van der Waals surface area contributed by atoms with Crippen molar-refractivity contribution in [3.63, 3.8) is 0 Å². The molecule has 1 aromatic heterocycles. The predicted octanol–water partition coefficient (Wildman–Crippen LogP) is 3.42. The molecule has 0 amide bonds. The quantitative estimate of drug-likeness (QED) is 0.624. The fraction of sp³-hybridized carbons (Fsp3) is 0.250. The first-order valence-corrected chi connectivity index (χ1v) is 6.93. The van der Waals surface area contributed by atoms with E-state index in [-0.39, 0.29) is 17.3 Å². The van der Waals surface area contributed by atoms with Gasteiger partial charge in [-0.2, -0.15) is 0 Å². The molecule has 0 spiro atoms. The van der Waals surface area contributed by atoms with Gasteiger partial charge in [0.1, 0.15) is 11.8 Å². The molecule has 1 heterocycles. The number of aromatic nitrogens is 1. The van der Waals surface area contributed by atoms with Gasteiger partial charge in [0.15, 0.2) is 11.5 Å². The molecule has 0 atom stereocenters. The molecule has 1 aromatic carbocycles. The lowest BCUT2D eigenvalue weighted by Gasteiger charge is -2.13. The van der Waals surface area contributed by atoms with E-state index in [1.807, 2.05) is 13.0 Å². The van der Waals surface area contributed by atoms with Gasteiger partial charge in [0.25, 0.3) is 0 Å². The molecule has 0 aliphatic heterocycles. The number of esters is 1. The largest absolute Gasteiger partial charge is 0.493 e. The number of carbonyl (C=O) groups is 1. The lowest BCUT2D eigenvalue weighted by Crippen LogP contribution is -2.07. The van der Waals surface area contributed by atoms with Gasteiger partial charge in [-0.3, -0.25) is 0 Å². The van der Waals surface area contributed by atoms with Crippen LogP contribution in [-0.2, 0) is 11.3 Å². The van der Waals surface area contributed by atoms with Crippen molar-refractivity contribution >= 4 is 17.6 Å². The Kier molecular flexibility index (Phi) is 5.22. The number of halogens is 1. The summed E-state index contributed by atoms with van der Waals surface area (Å²) in [4.78, 5) is 15.9. The van der Waals surface area contributed by atoms with Crippen molar-refractivity contribution in [3.8, 4) is 11.5 Å². The summed E-state index contributed by atoms with van der Waals surface area (Å²) in [7, 11) is 3.12. The molecule has 2 rings (SSSR count). The molecule has 0 bridgehead atoms. The molecule has 22 heavy (non-hydrogen) atoms. The highest BCUT2D eigenvalue weighted by Crippen LogP contribution is 2.30. The summed E-state index contributed by atoms with van der Waals surface area (Å²) < 4.78 is 15.8. The van der Waals surface area contributed by atoms with E-state index >= 15 is 0 Å². The van der Waals surface area contributed by atoms with Crippen LogP contribution in [0.2, 0.25) is 5.15 Å². The highest BCUT2D eigenvalue weighted by atomic mass is 35.5. The second-order valence-corrected chi connectivity index (χ2v) is 4.91. The van der Waals surface area contributed by atoms with E-state index in [2.05, 4.69) is 4.98 Å². The second-order valence-electron chi connectivity index (χ2n) is 4.55. The number of ether oxygens (including phenoxy) is 3. The summed E-state index contributed by atoms with van der Waals surface area (Å²) >= 11 is 5.87. The van der Waals surface area contributed by atoms with Crippen LogP contribution in [0.4, 0.5) is 0 Å². The number of methoxy groups -OCH3 is 2. The fourth-order valence-corrected chi connectivity index (χ4v) is 2.13. The minimum Gasteiger partial charge on any atom is -0.493 e. The molecule has 0 unspecified atom stereocenters. The Morgan fingerprint density at radius 1 is 1.23 bits per heavy atom. The zero-order chi connectivity index (χ0) is 16.1. The number of aryl methyl sites for hydroxylation is 1. The molecule has 0 radical (unpaired) electrons. The average molecular weight is 322 g/mol. The van der Waals surface area contributed by atoms with Gasteiger partial charge < -0.3 is 14.2 Å². The number of benzene rings is 1. The van der Waals surface area contributed by atoms with Crippen molar-refractivity contribution in [1.29, 1.82) is 0 Å². The minimum absolute atomic E-state index is 0.107. The summed E-state index contributed by atoms with van der Waals surface area (Å²) in [6, 6.07) is 6.81. The topological polar surface area (TPSA) is 57.7 Å². The predicted molar refractivity (Wildman–Crippen MR) is 82.6 cm³/mol. The highest BCUT2D eigenvalue weighted by molar-refractivity contribution is 6.32. The number of pyridine rings is 1. The van der Waals surface area contributed by atoms with Gasteiger partial charge in [0, 0.05) is 6.20 Å². The van der Waals surface area contributed by atoms with Gasteiger partial charge in [0.2, 0.25) is 0 Å². The van der Waals surface area contributed by atoms with Crippen LogP contribution in [0.5, 0.6) is 11.5 Å². The SMILES string of the molecule is COc1cc(C)c(COC(=O)c2cccnc2Cl)cc1OC. The van der Waals surface area contributed by atoms with E-state index in [9.17, 15) is 4.79 Å². The summed E-state index contributed by atoms with van der Waals surface area (Å²) in [5.41, 5.74) is 2.00. The molecule has 0 fully saturated rings. The van der Waals surface area contributed by atoms with Crippen LogP contribution in [0.3, 0.4) is 0 Å². The number of hydrogen-bond acceptors (Lipinski definition) is 5. The Balaban J connectivity index is 2.15. The molecule has 116 valence electrons. The zero-order valence-corrected chi connectivity index (χ0v) is 13.3. The van der Waals surface area contributed by atoms with E-state index in [0.717, 1.165) is 11.1 Å². The smallest absolute Gasteiger partial charge is 0.341 e. The highest BCUT2D eigenvalue weighted by Gasteiger charge is 2.14. The van der Waals surface area contributed by atoms with Gasteiger partial charge in [-0.25, -0.2) is 9.78 Å². The van der Waals surface area contributed by atoms with Crippen molar-refractivity contribution in [1.82, 2.24) is 4.98 Å². The molecule has 6 heteroatoms. The van der Waals surface area contributed by atoms with Crippen molar-refractivity contribution in [2.75, 3.05) is 14.2 Å². The standard InChI is InChI=1S/C16H16ClNO4/c1-10-7-13(20-2)14(21-3)8-11(10)9-22-16(19)12-5-4-6-18-15(12)17/h4-8H,9H2,1-3H3. The lowest BCUT2D eigenvalue weighted by molar-refractivity contribution is 0.0471. The van der Waals surface area contributed by atoms with Crippen LogP contribution in [-0.4, -0.2) is 25.2 Å². The average Bonchev–Trinajstić information content (AvgIpc) is 2.53. The van der Waals surface area contributed by atoms with Gasteiger partial charge in [-0.05, 0) is 42.3 Å². The normalized spacial score (nSPS) is 10.2. The van der Waals surface area contributed by atoms with Crippen LogP contribution >= 0.6 is 11.6 Å². The van der Waals surface area contributed by atoms with Crippen LogP contribution < -0.4 is 9.47 Å². The van der Waals surface area contributed by atoms with E-state index in [4.69, 9.17) is 25.8 Å². The number of hydrogen-bond donors (Lipinski definition) is 0. The number of carbonyl (C=O) groups excluding carboxylic acids is 1. The maximum absolute atomic E-state index is 12.0. The van der Waals surface area contributed by atoms with Gasteiger partial charge >= 0.3 is 5.97 Å². The third-order valence-electron chi connectivity index (χ3n) is 3.18. The summed E-state index contributed by atoms with van der Waals surface area (Å²) in [5, 5.41) is 0.122. The maximum atomic E-state index is 12.0. The summed E-state index contributed by atoms with van der Waals surface area (Å²) in [6.45, 7) is 2.01. The van der Waals surface area contributed by atoms with Gasteiger partial charge in [-0.1, -0.05) is 11.6 Å². The Labute approximate surface area is 133 Å². The molecule has 2 aromatic rings. The molecular formula is C16H16ClNO4. The van der Waals surface area contributed by atoms with Gasteiger partial charge in [-0.15, -0.1) is 0 Å². The second kappa shape index (κ2) is 7.13. The Morgan fingerprint density at radius 2 is 1.91 bits per heavy atom. The Morgan fingerprint density at radius 3 is 2.55 bits per heavy atom. The van der Waals surface area contributed by atoms with E-state index in [1.54, 1.807) is 32.4 Å². The van der Waals surface area contributed by atoms with Crippen LogP contribution in [0, 0.1) is 6.92 Å². The maximum Gasteiger partial charge on any atom is 0.341 e. The van der Waals surface area contributed by atoms with Crippen LogP contribution in [0.1, 0.15) is 21.5 Å². The molecule has 0 N–H and O–H groups in total. The first kappa shape index (κ1) is 16.1. The zero-order valence-electron chi connectivity index (χ0n) is 12.6. The fourth-order valence-electron chi connectivity index (χ4n) is 1.94. The first-order chi connectivity index (χ1) is 10.6. The van der Waals surface area contributed by atoms with Crippen molar-refractivity contribution in [2.45, 2.75) is 13.5 Å². The molecule has 0 aliphatic carbocycles. The van der Waals surface area contributed by atoms with E-state index in [1.165, 1.54) is 6.20 Å². The van der Waals surface area contributed by atoms with E-state index in [0.29, 0.717) is 11.5 Å². The first-order valence-electron chi connectivity index (χ1n) is 6.56. The van der Waals surface area contributed by atoms with Crippen LogP contribution in [0.15, 0.2) is 30.5 Å². The summed E-state index contributed by atoms with van der Waals surface area (Å²) in [5.74, 6) is 0.691. The molecule has 0 saturated heterocycles. The number of rotatable bonds is 5. The Hall–Kier alpha value is -2.27. The van der Waals surface area contributed by atoms with Crippen molar-refractivity contribution < 1.29 is 19.0 Å². The monoisotopic (exact) mass is 321 g/mol. The third-order valence-corrected chi connectivity index (χ3v) is 3.48. The lowest BCUT2D eigenvalue weighted by atomic mass is 10.1. The summed E-state index contributed by atoms with van der Waals surface area (Å²) in [6.07, 6.45) is 1.51. The molecule has 0 aliphatic rings. The van der Waals surface area contributed by atoms with E-state index < -0.39 is 5.97 Å². The minimum atomic E-state index is -0.521. The molecular weight excluding hydrogens is 306 g/mol. The van der Waals surface area contributed by atoms with Crippen LogP contribution in [0.25, 0.3) is 0 Å².